The summed E-state index contributed by atoms with van der Waals surface area (Å²) < 4.78 is 15.9. The van der Waals surface area contributed by atoms with Crippen LogP contribution in [0.15, 0.2) is 47.1 Å². The Balaban J connectivity index is 1.96. The van der Waals surface area contributed by atoms with Gasteiger partial charge in [-0.05, 0) is 25.1 Å². The third-order valence-corrected chi connectivity index (χ3v) is 2.88. The lowest BCUT2D eigenvalue weighted by Crippen LogP contribution is -2.35. The van der Waals surface area contributed by atoms with E-state index in [0.29, 0.717) is 12.2 Å². The molecule has 0 spiro atoms. The summed E-state index contributed by atoms with van der Waals surface area (Å²) in [4.78, 5) is 12.1. The maximum atomic E-state index is 12.1. The van der Waals surface area contributed by atoms with E-state index in [2.05, 4.69) is 5.32 Å². The van der Waals surface area contributed by atoms with Crippen molar-refractivity contribution in [3.8, 4) is 5.75 Å². The molecule has 21 heavy (non-hydrogen) atoms. The van der Waals surface area contributed by atoms with Crippen molar-refractivity contribution in [3.05, 3.63) is 54.0 Å². The number of furan rings is 1. The van der Waals surface area contributed by atoms with Gasteiger partial charge in [0.1, 0.15) is 12.4 Å². The van der Waals surface area contributed by atoms with Gasteiger partial charge in [0.25, 0.3) is 5.91 Å². The molecule has 2 aromatic rings. The standard InChI is InChI=1S/C16H19NO4/c1-12(10-19-2)17-16(18)15-13(8-9-20-15)11-21-14-6-4-3-5-7-14/h3-9,12H,10-11H2,1-2H3,(H,17,18)/t12-/m1/s1. The first-order chi connectivity index (χ1) is 10.2. The second-order valence-corrected chi connectivity index (χ2v) is 4.71. The molecular formula is C16H19NO4. The van der Waals surface area contributed by atoms with Gasteiger partial charge >= 0.3 is 0 Å². The van der Waals surface area contributed by atoms with Gasteiger partial charge in [0.15, 0.2) is 5.76 Å². The molecule has 112 valence electrons. The zero-order valence-electron chi connectivity index (χ0n) is 12.2. The molecule has 0 radical (unpaired) electrons. The third kappa shape index (κ3) is 4.36. The molecule has 0 aliphatic carbocycles. The molecule has 0 saturated heterocycles. The summed E-state index contributed by atoms with van der Waals surface area (Å²) in [5, 5.41) is 2.81. The Kier molecular flexibility index (Phi) is 5.40. The predicted octanol–water partition coefficient (Wildman–Crippen LogP) is 2.62. The average molecular weight is 289 g/mol. The van der Waals surface area contributed by atoms with E-state index in [1.807, 2.05) is 37.3 Å². The van der Waals surface area contributed by atoms with Gasteiger partial charge in [-0.3, -0.25) is 4.79 Å². The monoisotopic (exact) mass is 289 g/mol. The first kappa shape index (κ1) is 15.1. The van der Waals surface area contributed by atoms with Crippen LogP contribution < -0.4 is 10.1 Å². The minimum absolute atomic E-state index is 0.0875. The van der Waals surface area contributed by atoms with Crippen molar-refractivity contribution in [2.24, 2.45) is 0 Å². The lowest BCUT2D eigenvalue weighted by Gasteiger charge is -2.12. The van der Waals surface area contributed by atoms with Gasteiger partial charge in [-0.25, -0.2) is 0 Å². The first-order valence-electron chi connectivity index (χ1n) is 6.74. The molecule has 1 atom stereocenters. The minimum atomic E-state index is -0.267. The van der Waals surface area contributed by atoms with Crippen LogP contribution in [0, 0.1) is 0 Å². The van der Waals surface area contributed by atoms with Crippen LogP contribution in [0.3, 0.4) is 0 Å². The van der Waals surface area contributed by atoms with E-state index in [1.165, 1.54) is 6.26 Å². The van der Waals surface area contributed by atoms with E-state index in [4.69, 9.17) is 13.9 Å². The molecule has 0 unspecified atom stereocenters. The van der Waals surface area contributed by atoms with E-state index in [1.54, 1.807) is 13.2 Å². The number of carbonyl (C=O) groups is 1. The molecule has 1 heterocycles. The Bertz CT molecular complexity index is 565. The van der Waals surface area contributed by atoms with Crippen LogP contribution >= 0.6 is 0 Å². The maximum Gasteiger partial charge on any atom is 0.287 e. The van der Waals surface area contributed by atoms with E-state index in [-0.39, 0.29) is 24.3 Å². The van der Waals surface area contributed by atoms with Gasteiger partial charge in [-0.15, -0.1) is 0 Å². The van der Waals surface area contributed by atoms with Crippen molar-refractivity contribution in [3.63, 3.8) is 0 Å². The highest BCUT2D eigenvalue weighted by Gasteiger charge is 2.17. The molecule has 0 aliphatic heterocycles. The highest BCUT2D eigenvalue weighted by Crippen LogP contribution is 2.15. The molecule has 1 aromatic heterocycles. The van der Waals surface area contributed by atoms with Crippen LogP contribution in [-0.4, -0.2) is 25.7 Å². The number of benzene rings is 1. The van der Waals surface area contributed by atoms with E-state index < -0.39 is 0 Å². The van der Waals surface area contributed by atoms with E-state index in [0.717, 1.165) is 5.75 Å². The second-order valence-electron chi connectivity index (χ2n) is 4.71. The number of hydrogen-bond donors (Lipinski definition) is 1. The molecule has 0 fully saturated rings. The lowest BCUT2D eigenvalue weighted by molar-refractivity contribution is 0.0874. The summed E-state index contributed by atoms with van der Waals surface area (Å²) in [5.41, 5.74) is 0.709. The Morgan fingerprint density at radius 2 is 2.05 bits per heavy atom. The third-order valence-electron chi connectivity index (χ3n) is 2.88. The molecule has 1 amide bonds. The molecule has 2 rings (SSSR count). The summed E-state index contributed by atoms with van der Waals surface area (Å²) in [6.45, 7) is 2.59. The van der Waals surface area contributed by atoms with Gasteiger partial charge in [-0.2, -0.15) is 0 Å². The van der Waals surface area contributed by atoms with E-state index in [9.17, 15) is 4.79 Å². The Hall–Kier alpha value is -2.27. The van der Waals surface area contributed by atoms with Crippen molar-refractivity contribution < 1.29 is 18.7 Å². The number of amides is 1. The smallest absolute Gasteiger partial charge is 0.287 e. The number of carbonyl (C=O) groups excluding carboxylic acids is 1. The highest BCUT2D eigenvalue weighted by molar-refractivity contribution is 5.93. The summed E-state index contributed by atoms with van der Waals surface area (Å²) in [7, 11) is 1.59. The van der Waals surface area contributed by atoms with Gasteiger partial charge < -0.3 is 19.2 Å². The maximum absolute atomic E-state index is 12.1. The quantitative estimate of drug-likeness (QED) is 0.851. The fraction of sp³-hybridized carbons (Fsp3) is 0.312. The fourth-order valence-electron chi connectivity index (χ4n) is 1.91. The number of methoxy groups -OCH3 is 1. The number of rotatable bonds is 7. The Morgan fingerprint density at radius 1 is 1.29 bits per heavy atom. The summed E-state index contributed by atoms with van der Waals surface area (Å²) in [5.74, 6) is 0.753. The van der Waals surface area contributed by atoms with Crippen molar-refractivity contribution in [2.45, 2.75) is 19.6 Å². The molecule has 5 heteroatoms. The Labute approximate surface area is 123 Å². The van der Waals surface area contributed by atoms with Crippen LogP contribution in [0.2, 0.25) is 0 Å². The number of nitrogens with one attached hydrogen (secondary N) is 1. The van der Waals surface area contributed by atoms with Crippen molar-refractivity contribution in [2.75, 3.05) is 13.7 Å². The predicted molar refractivity (Wildman–Crippen MR) is 78.3 cm³/mol. The largest absolute Gasteiger partial charge is 0.489 e. The molecule has 0 aliphatic rings. The summed E-state index contributed by atoms with van der Waals surface area (Å²) in [6, 6.07) is 11.1. The number of ether oxygens (including phenoxy) is 2. The molecule has 0 bridgehead atoms. The van der Waals surface area contributed by atoms with Crippen LogP contribution in [-0.2, 0) is 11.3 Å². The molecule has 5 nitrogen and oxygen atoms in total. The summed E-state index contributed by atoms with van der Waals surface area (Å²) in [6.07, 6.45) is 1.49. The lowest BCUT2D eigenvalue weighted by atomic mass is 10.2. The zero-order chi connectivity index (χ0) is 15.1. The van der Waals surface area contributed by atoms with Gasteiger partial charge in [0, 0.05) is 18.7 Å². The first-order valence-corrected chi connectivity index (χ1v) is 6.74. The van der Waals surface area contributed by atoms with Crippen molar-refractivity contribution in [1.29, 1.82) is 0 Å². The fourth-order valence-corrected chi connectivity index (χ4v) is 1.91. The number of hydrogen-bond acceptors (Lipinski definition) is 4. The molecule has 1 N–H and O–H groups in total. The second kappa shape index (κ2) is 7.50. The topological polar surface area (TPSA) is 60.7 Å². The van der Waals surface area contributed by atoms with Gasteiger partial charge in [0.2, 0.25) is 0 Å². The van der Waals surface area contributed by atoms with Crippen molar-refractivity contribution in [1.82, 2.24) is 5.32 Å². The van der Waals surface area contributed by atoms with Crippen LogP contribution in [0.5, 0.6) is 5.75 Å². The Morgan fingerprint density at radius 3 is 2.76 bits per heavy atom. The van der Waals surface area contributed by atoms with Crippen LogP contribution in [0.1, 0.15) is 23.0 Å². The van der Waals surface area contributed by atoms with Gasteiger partial charge in [-0.1, -0.05) is 18.2 Å². The minimum Gasteiger partial charge on any atom is -0.489 e. The van der Waals surface area contributed by atoms with Crippen LogP contribution in [0.4, 0.5) is 0 Å². The molecule has 0 saturated carbocycles. The molecule has 1 aromatic carbocycles. The van der Waals surface area contributed by atoms with Gasteiger partial charge in [0.05, 0.1) is 12.9 Å². The SMILES string of the molecule is COC[C@@H](C)NC(=O)c1occc1COc1ccccc1. The zero-order valence-corrected chi connectivity index (χ0v) is 12.2. The summed E-state index contributed by atoms with van der Waals surface area (Å²) >= 11 is 0. The van der Waals surface area contributed by atoms with Crippen LogP contribution in [0.25, 0.3) is 0 Å². The average Bonchev–Trinajstić information content (AvgIpc) is 2.95. The highest BCUT2D eigenvalue weighted by atomic mass is 16.5. The van der Waals surface area contributed by atoms with E-state index >= 15 is 0 Å². The normalized spacial score (nSPS) is 11.9. The molecular weight excluding hydrogens is 270 g/mol. The van der Waals surface area contributed by atoms with Crippen molar-refractivity contribution >= 4 is 5.91 Å². The number of para-hydroxylation sites is 1.